The Labute approximate surface area is 141 Å². The van der Waals surface area contributed by atoms with Gasteiger partial charge in [-0.05, 0) is 43.7 Å². The molecule has 0 bridgehead atoms. The van der Waals surface area contributed by atoms with Crippen molar-refractivity contribution in [3.05, 3.63) is 42.2 Å². The summed E-state index contributed by atoms with van der Waals surface area (Å²) in [7, 11) is 0. The van der Waals surface area contributed by atoms with E-state index in [9.17, 15) is 9.59 Å². The highest BCUT2D eigenvalue weighted by Gasteiger charge is 2.25. The van der Waals surface area contributed by atoms with Gasteiger partial charge in [0.25, 0.3) is 0 Å². The molecule has 6 nitrogen and oxygen atoms in total. The highest BCUT2D eigenvalue weighted by Crippen LogP contribution is 2.22. The van der Waals surface area contributed by atoms with E-state index in [4.69, 9.17) is 4.74 Å². The summed E-state index contributed by atoms with van der Waals surface area (Å²) in [6.07, 6.45) is 2.46. The average Bonchev–Trinajstić information content (AvgIpc) is 3.06. The first kappa shape index (κ1) is 17.7. The van der Waals surface area contributed by atoms with E-state index in [0.717, 1.165) is 17.8 Å². The van der Waals surface area contributed by atoms with Crippen molar-refractivity contribution in [1.82, 2.24) is 9.78 Å². The number of carbonyl (C=O) groups excluding carboxylic acids is 2. The zero-order valence-electron chi connectivity index (χ0n) is 14.5. The Morgan fingerprint density at radius 1 is 1.17 bits per heavy atom. The Kier molecular flexibility index (Phi) is 5.39. The summed E-state index contributed by atoms with van der Waals surface area (Å²) in [5, 5.41) is 7.11. The molecule has 0 saturated carbocycles. The Bertz CT molecular complexity index is 717. The number of ether oxygens (including phenoxy) is 1. The zero-order chi connectivity index (χ0) is 17.7. The molecule has 0 fully saturated rings. The van der Waals surface area contributed by atoms with Gasteiger partial charge in [-0.25, -0.2) is 9.48 Å². The summed E-state index contributed by atoms with van der Waals surface area (Å²) >= 11 is 0. The minimum Gasteiger partial charge on any atom is -0.461 e. The molecule has 1 N–H and O–H groups in total. The number of rotatable bonds is 6. The van der Waals surface area contributed by atoms with E-state index in [2.05, 4.69) is 10.4 Å². The molecule has 0 unspecified atom stereocenters. The van der Waals surface area contributed by atoms with E-state index in [1.807, 2.05) is 45.0 Å². The molecule has 6 heteroatoms. The second-order valence-corrected chi connectivity index (χ2v) is 6.10. The predicted molar refractivity (Wildman–Crippen MR) is 92.2 cm³/mol. The number of benzene rings is 1. The Morgan fingerprint density at radius 2 is 1.83 bits per heavy atom. The molecule has 0 aliphatic carbocycles. The number of nitrogens with zero attached hydrogens (tertiary/aromatic N) is 2. The van der Waals surface area contributed by atoms with Crippen molar-refractivity contribution in [2.45, 2.75) is 34.1 Å². The van der Waals surface area contributed by atoms with Crippen molar-refractivity contribution in [3.63, 3.8) is 0 Å². The third-order valence-electron chi connectivity index (χ3n) is 3.96. The Hall–Kier alpha value is -2.63. The lowest BCUT2D eigenvalue weighted by molar-refractivity contribution is -0.124. The lowest BCUT2D eigenvalue weighted by atomic mass is 9.89. The fourth-order valence-electron chi connectivity index (χ4n) is 1.94. The molecule has 2 rings (SSSR count). The summed E-state index contributed by atoms with van der Waals surface area (Å²) in [5.74, 6) is -0.455. The summed E-state index contributed by atoms with van der Waals surface area (Å²) in [6, 6.07) is 8.89. The maximum absolute atomic E-state index is 12.2. The van der Waals surface area contributed by atoms with E-state index in [0.29, 0.717) is 6.61 Å². The van der Waals surface area contributed by atoms with Crippen molar-refractivity contribution in [3.8, 4) is 5.69 Å². The van der Waals surface area contributed by atoms with Crippen LogP contribution < -0.4 is 5.32 Å². The molecule has 1 amide bonds. The number of carbonyl (C=O) groups is 2. The first-order chi connectivity index (χ1) is 11.4. The van der Waals surface area contributed by atoms with Crippen LogP contribution in [0.25, 0.3) is 5.69 Å². The zero-order valence-corrected chi connectivity index (χ0v) is 14.5. The fourth-order valence-corrected chi connectivity index (χ4v) is 1.94. The number of nitrogens with one attached hydrogen (secondary N) is 1. The van der Waals surface area contributed by atoms with E-state index >= 15 is 0 Å². The highest BCUT2D eigenvalue weighted by molar-refractivity contribution is 5.94. The molecule has 1 heterocycles. The van der Waals surface area contributed by atoms with Crippen LogP contribution in [-0.4, -0.2) is 28.3 Å². The molecule has 2 aromatic rings. The van der Waals surface area contributed by atoms with Gasteiger partial charge in [0.15, 0.2) is 5.69 Å². The second-order valence-electron chi connectivity index (χ2n) is 6.10. The molecule has 0 radical (unpaired) electrons. The molecular weight excluding hydrogens is 306 g/mol. The van der Waals surface area contributed by atoms with Crippen LogP contribution in [0.5, 0.6) is 0 Å². The number of hydrogen-bond acceptors (Lipinski definition) is 4. The normalized spacial score (nSPS) is 11.2. The van der Waals surface area contributed by atoms with Crippen molar-refractivity contribution in [2.24, 2.45) is 5.41 Å². The van der Waals surface area contributed by atoms with Gasteiger partial charge in [-0.1, -0.05) is 20.8 Å². The van der Waals surface area contributed by atoms with Gasteiger partial charge in [0.1, 0.15) is 0 Å². The molecule has 0 aliphatic heterocycles. The van der Waals surface area contributed by atoms with E-state index in [1.54, 1.807) is 23.9 Å². The van der Waals surface area contributed by atoms with E-state index < -0.39 is 11.4 Å². The molecule has 1 aromatic heterocycles. The molecule has 0 atom stereocenters. The predicted octanol–water partition coefficient (Wildman–Crippen LogP) is 3.42. The largest absolute Gasteiger partial charge is 0.461 e. The van der Waals surface area contributed by atoms with Crippen LogP contribution in [-0.2, 0) is 9.53 Å². The van der Waals surface area contributed by atoms with Crippen molar-refractivity contribution < 1.29 is 14.3 Å². The smallest absolute Gasteiger partial charge is 0.358 e. The molecule has 0 saturated heterocycles. The molecule has 0 aliphatic rings. The van der Waals surface area contributed by atoms with Crippen molar-refractivity contribution in [1.29, 1.82) is 0 Å². The Morgan fingerprint density at radius 3 is 2.42 bits per heavy atom. The first-order valence-corrected chi connectivity index (χ1v) is 8.02. The van der Waals surface area contributed by atoms with Crippen LogP contribution >= 0.6 is 0 Å². The van der Waals surface area contributed by atoms with Crippen LogP contribution in [0.3, 0.4) is 0 Å². The first-order valence-electron chi connectivity index (χ1n) is 8.02. The van der Waals surface area contributed by atoms with Crippen LogP contribution in [0.1, 0.15) is 44.6 Å². The van der Waals surface area contributed by atoms with E-state index in [-0.39, 0.29) is 11.6 Å². The van der Waals surface area contributed by atoms with Gasteiger partial charge in [-0.3, -0.25) is 4.79 Å². The van der Waals surface area contributed by atoms with Gasteiger partial charge < -0.3 is 10.1 Å². The van der Waals surface area contributed by atoms with Gasteiger partial charge in [0, 0.05) is 17.3 Å². The quantitative estimate of drug-likeness (QED) is 0.824. The summed E-state index contributed by atoms with van der Waals surface area (Å²) in [4.78, 5) is 23.8. The minimum atomic E-state index is -0.443. The summed E-state index contributed by atoms with van der Waals surface area (Å²) in [6.45, 7) is 7.88. The molecular formula is C18H23N3O3. The number of esters is 1. The van der Waals surface area contributed by atoms with E-state index in [1.165, 1.54) is 0 Å². The standard InChI is InChI=1S/C18H23N3O3/c1-5-18(3,4)17(23)19-13-7-9-14(10-8-13)21-12-11-15(20-21)16(22)24-6-2/h7-12H,5-6H2,1-4H3,(H,19,23). The minimum absolute atomic E-state index is 0.0126. The summed E-state index contributed by atoms with van der Waals surface area (Å²) < 4.78 is 6.51. The van der Waals surface area contributed by atoms with Gasteiger partial charge in [0.05, 0.1) is 12.3 Å². The Balaban J connectivity index is 2.10. The lowest BCUT2D eigenvalue weighted by Gasteiger charge is -2.21. The third-order valence-corrected chi connectivity index (χ3v) is 3.96. The SMILES string of the molecule is CCOC(=O)c1ccn(-c2ccc(NC(=O)C(C)(C)CC)cc2)n1. The van der Waals surface area contributed by atoms with Crippen LogP contribution in [0.2, 0.25) is 0 Å². The molecule has 24 heavy (non-hydrogen) atoms. The molecule has 128 valence electrons. The monoisotopic (exact) mass is 329 g/mol. The highest BCUT2D eigenvalue weighted by atomic mass is 16.5. The fraction of sp³-hybridized carbons (Fsp3) is 0.389. The van der Waals surface area contributed by atoms with Crippen LogP contribution in [0, 0.1) is 5.41 Å². The van der Waals surface area contributed by atoms with Gasteiger partial charge in [-0.2, -0.15) is 5.10 Å². The van der Waals surface area contributed by atoms with Gasteiger partial charge in [-0.15, -0.1) is 0 Å². The summed E-state index contributed by atoms with van der Waals surface area (Å²) in [5.41, 5.74) is 1.37. The third kappa shape index (κ3) is 4.01. The number of amides is 1. The van der Waals surface area contributed by atoms with Crippen LogP contribution in [0.4, 0.5) is 5.69 Å². The topological polar surface area (TPSA) is 73.2 Å². The molecule has 1 aromatic carbocycles. The van der Waals surface area contributed by atoms with Gasteiger partial charge >= 0.3 is 5.97 Å². The average molecular weight is 329 g/mol. The molecule has 0 spiro atoms. The maximum Gasteiger partial charge on any atom is 0.358 e. The van der Waals surface area contributed by atoms with Crippen molar-refractivity contribution >= 4 is 17.6 Å². The number of aromatic nitrogens is 2. The lowest BCUT2D eigenvalue weighted by Crippen LogP contribution is -2.29. The van der Waals surface area contributed by atoms with Crippen molar-refractivity contribution in [2.75, 3.05) is 11.9 Å². The number of anilines is 1. The number of hydrogen-bond donors (Lipinski definition) is 1. The maximum atomic E-state index is 12.2. The van der Waals surface area contributed by atoms with Gasteiger partial charge in [0.2, 0.25) is 5.91 Å². The van der Waals surface area contributed by atoms with Crippen LogP contribution in [0.15, 0.2) is 36.5 Å². The second kappa shape index (κ2) is 7.29.